The first kappa shape index (κ1) is 18.8. The molecule has 8 heteroatoms. The van der Waals surface area contributed by atoms with Crippen molar-refractivity contribution in [3.05, 3.63) is 82.2 Å². The summed E-state index contributed by atoms with van der Waals surface area (Å²) in [6.45, 7) is 0.0231. The smallest absolute Gasteiger partial charge is 0.408 e. The van der Waals surface area contributed by atoms with Crippen molar-refractivity contribution in [2.24, 2.45) is 5.11 Å². The van der Waals surface area contributed by atoms with Crippen molar-refractivity contribution < 1.29 is 19.1 Å². The Kier molecular flexibility index (Phi) is 7.51. The van der Waals surface area contributed by atoms with E-state index in [0.717, 1.165) is 5.56 Å². The number of esters is 1. The fourth-order valence-electron chi connectivity index (χ4n) is 2.12. The van der Waals surface area contributed by atoms with Gasteiger partial charge in [0.15, 0.2) is 6.04 Å². The lowest BCUT2D eigenvalue weighted by Gasteiger charge is -2.17. The molecule has 134 valence electrons. The zero-order chi connectivity index (χ0) is 18.6. The number of benzene rings is 2. The molecule has 0 aliphatic heterocycles. The Morgan fingerprint density at radius 2 is 1.69 bits per heavy atom. The molecular formula is C18H18N4O4. The van der Waals surface area contributed by atoms with E-state index >= 15 is 0 Å². The van der Waals surface area contributed by atoms with Gasteiger partial charge >= 0.3 is 12.1 Å². The maximum absolute atomic E-state index is 12.3. The lowest BCUT2D eigenvalue weighted by molar-refractivity contribution is -0.146. The molecule has 0 aliphatic rings. The summed E-state index contributed by atoms with van der Waals surface area (Å²) in [5, 5.41) is 5.80. The average Bonchev–Trinajstić information content (AvgIpc) is 2.69. The number of alkyl carbamates (subject to hydrolysis) is 1. The highest BCUT2D eigenvalue weighted by molar-refractivity contribution is 5.82. The van der Waals surface area contributed by atoms with E-state index in [0.29, 0.717) is 5.56 Å². The molecule has 0 aliphatic carbocycles. The highest BCUT2D eigenvalue weighted by Gasteiger charge is 2.24. The first-order valence-corrected chi connectivity index (χ1v) is 7.90. The maximum atomic E-state index is 12.3. The van der Waals surface area contributed by atoms with Crippen LogP contribution in [0.5, 0.6) is 0 Å². The third kappa shape index (κ3) is 6.18. The molecule has 0 unspecified atom stereocenters. The molecule has 0 bridgehead atoms. The van der Waals surface area contributed by atoms with Gasteiger partial charge < -0.3 is 14.8 Å². The van der Waals surface area contributed by atoms with E-state index in [1.165, 1.54) is 0 Å². The Morgan fingerprint density at radius 3 is 2.35 bits per heavy atom. The summed E-state index contributed by atoms with van der Waals surface area (Å²) in [4.78, 5) is 26.9. The fraction of sp³-hybridized carbons (Fsp3) is 0.222. The number of nitrogens with zero attached hydrogens (tertiary/aromatic N) is 3. The summed E-state index contributed by atoms with van der Waals surface area (Å²) in [6.07, 6.45) is -0.741. The lowest BCUT2D eigenvalue weighted by Crippen LogP contribution is -2.35. The molecule has 0 saturated heterocycles. The van der Waals surface area contributed by atoms with Gasteiger partial charge in [0.05, 0.1) is 13.2 Å². The minimum Gasteiger partial charge on any atom is -0.464 e. The van der Waals surface area contributed by atoms with E-state index in [-0.39, 0.29) is 19.8 Å². The van der Waals surface area contributed by atoms with Crippen molar-refractivity contribution in [2.75, 3.05) is 13.2 Å². The van der Waals surface area contributed by atoms with Gasteiger partial charge in [-0.05, 0) is 16.7 Å². The molecule has 0 radical (unpaired) electrons. The quantitative estimate of drug-likeness (QED) is 0.257. The molecule has 2 aromatic carbocycles. The van der Waals surface area contributed by atoms with Gasteiger partial charge in [-0.2, -0.15) is 0 Å². The predicted octanol–water partition coefficient (Wildman–Crippen LogP) is 3.51. The van der Waals surface area contributed by atoms with Crippen molar-refractivity contribution >= 4 is 12.1 Å². The predicted molar refractivity (Wildman–Crippen MR) is 93.9 cm³/mol. The van der Waals surface area contributed by atoms with Crippen LogP contribution >= 0.6 is 0 Å². The summed E-state index contributed by atoms with van der Waals surface area (Å²) >= 11 is 0. The van der Waals surface area contributed by atoms with Gasteiger partial charge in [0, 0.05) is 4.91 Å². The first-order valence-electron chi connectivity index (χ1n) is 7.90. The van der Waals surface area contributed by atoms with Crippen LogP contribution in [-0.2, 0) is 20.9 Å². The van der Waals surface area contributed by atoms with Gasteiger partial charge in [-0.3, -0.25) is 0 Å². The number of ether oxygens (including phenoxy) is 2. The zero-order valence-electron chi connectivity index (χ0n) is 13.9. The van der Waals surface area contributed by atoms with Crippen LogP contribution in [0.4, 0.5) is 4.79 Å². The largest absolute Gasteiger partial charge is 0.464 e. The number of amides is 1. The third-order valence-electron chi connectivity index (χ3n) is 3.34. The molecule has 1 atom stereocenters. The Balaban J connectivity index is 1.98. The van der Waals surface area contributed by atoms with Crippen molar-refractivity contribution in [1.82, 2.24) is 5.32 Å². The van der Waals surface area contributed by atoms with Crippen LogP contribution in [0.15, 0.2) is 65.8 Å². The SMILES string of the molecule is [N-]=[N+]=NCCOC(=O)[C@@H](NC(=O)OCc1ccccc1)c1ccccc1. The molecule has 2 aromatic rings. The number of carbonyl (C=O) groups is 2. The minimum absolute atomic E-state index is 0.0161. The molecule has 0 saturated carbocycles. The van der Waals surface area contributed by atoms with Crippen LogP contribution < -0.4 is 5.32 Å². The molecule has 8 nitrogen and oxygen atoms in total. The minimum atomic E-state index is -1.02. The summed E-state index contributed by atoms with van der Waals surface area (Å²) in [5.41, 5.74) is 9.62. The Bertz CT molecular complexity index is 761. The van der Waals surface area contributed by atoms with Crippen LogP contribution in [0.2, 0.25) is 0 Å². The van der Waals surface area contributed by atoms with Crippen LogP contribution in [-0.4, -0.2) is 25.2 Å². The van der Waals surface area contributed by atoms with E-state index in [4.69, 9.17) is 15.0 Å². The van der Waals surface area contributed by atoms with E-state index in [9.17, 15) is 9.59 Å². The number of rotatable bonds is 8. The van der Waals surface area contributed by atoms with Gasteiger partial charge in [0.25, 0.3) is 0 Å². The normalized spacial score (nSPS) is 10.9. The van der Waals surface area contributed by atoms with Crippen molar-refractivity contribution in [1.29, 1.82) is 0 Å². The number of hydrogen-bond acceptors (Lipinski definition) is 5. The highest BCUT2D eigenvalue weighted by atomic mass is 16.6. The van der Waals surface area contributed by atoms with Crippen molar-refractivity contribution in [3.8, 4) is 0 Å². The van der Waals surface area contributed by atoms with Gasteiger partial charge in [0.1, 0.15) is 6.61 Å². The monoisotopic (exact) mass is 354 g/mol. The molecular weight excluding hydrogens is 336 g/mol. The van der Waals surface area contributed by atoms with E-state index < -0.39 is 18.1 Å². The van der Waals surface area contributed by atoms with Crippen LogP contribution in [0, 0.1) is 0 Å². The van der Waals surface area contributed by atoms with Gasteiger partial charge in [0.2, 0.25) is 0 Å². The summed E-state index contributed by atoms with van der Waals surface area (Å²) in [6, 6.07) is 16.8. The van der Waals surface area contributed by atoms with Crippen molar-refractivity contribution in [3.63, 3.8) is 0 Å². The molecule has 1 N–H and O–H groups in total. The second-order valence-corrected chi connectivity index (χ2v) is 5.17. The third-order valence-corrected chi connectivity index (χ3v) is 3.34. The zero-order valence-corrected chi connectivity index (χ0v) is 13.9. The topological polar surface area (TPSA) is 113 Å². The second kappa shape index (κ2) is 10.4. The molecule has 0 heterocycles. The molecule has 0 aromatic heterocycles. The van der Waals surface area contributed by atoms with Crippen LogP contribution in [0.25, 0.3) is 10.4 Å². The molecule has 2 rings (SSSR count). The maximum Gasteiger partial charge on any atom is 0.408 e. The van der Waals surface area contributed by atoms with E-state index in [2.05, 4.69) is 15.3 Å². The Labute approximate surface area is 150 Å². The van der Waals surface area contributed by atoms with Gasteiger partial charge in [-0.1, -0.05) is 65.8 Å². The van der Waals surface area contributed by atoms with E-state index in [1.54, 1.807) is 30.3 Å². The standard InChI is InChI=1S/C18H18N4O4/c19-22-20-11-12-25-17(23)16(15-9-5-2-6-10-15)21-18(24)26-13-14-7-3-1-4-8-14/h1-10,16H,11-13H2,(H,21,24)/t16-/m0/s1. The van der Waals surface area contributed by atoms with Crippen LogP contribution in [0.1, 0.15) is 17.2 Å². The lowest BCUT2D eigenvalue weighted by atomic mass is 10.1. The van der Waals surface area contributed by atoms with Crippen molar-refractivity contribution in [2.45, 2.75) is 12.6 Å². The second-order valence-electron chi connectivity index (χ2n) is 5.17. The van der Waals surface area contributed by atoms with Gasteiger partial charge in [-0.25, -0.2) is 9.59 Å². The summed E-state index contributed by atoms with van der Waals surface area (Å²) < 4.78 is 10.2. The number of azide groups is 1. The first-order chi connectivity index (χ1) is 12.7. The molecule has 1 amide bonds. The van der Waals surface area contributed by atoms with Crippen LogP contribution in [0.3, 0.4) is 0 Å². The molecule has 26 heavy (non-hydrogen) atoms. The highest BCUT2D eigenvalue weighted by Crippen LogP contribution is 2.15. The fourth-order valence-corrected chi connectivity index (χ4v) is 2.12. The van der Waals surface area contributed by atoms with Gasteiger partial charge in [-0.15, -0.1) is 0 Å². The summed E-state index contributed by atoms with van der Waals surface area (Å²) in [7, 11) is 0. The number of carbonyl (C=O) groups excluding carboxylic acids is 2. The molecule has 0 fully saturated rings. The average molecular weight is 354 g/mol. The Morgan fingerprint density at radius 1 is 1.04 bits per heavy atom. The summed E-state index contributed by atoms with van der Waals surface area (Å²) in [5.74, 6) is -0.666. The molecule has 0 spiro atoms. The number of hydrogen-bond donors (Lipinski definition) is 1. The number of nitrogens with one attached hydrogen (secondary N) is 1. The Hall–Kier alpha value is -3.51. The van der Waals surface area contributed by atoms with E-state index in [1.807, 2.05) is 30.3 Å².